The van der Waals surface area contributed by atoms with Crippen LogP contribution in [0.4, 0.5) is 0 Å². The van der Waals surface area contributed by atoms with Crippen molar-refractivity contribution in [1.29, 1.82) is 0 Å². The Bertz CT molecular complexity index is 386. The zero-order valence-corrected chi connectivity index (χ0v) is 10.6. The van der Waals surface area contributed by atoms with Gasteiger partial charge in [0.2, 0.25) is 0 Å². The van der Waals surface area contributed by atoms with Crippen LogP contribution in [0.5, 0.6) is 0 Å². The molecule has 0 aromatic carbocycles. The summed E-state index contributed by atoms with van der Waals surface area (Å²) >= 11 is 0. The number of amides is 1. The van der Waals surface area contributed by atoms with E-state index in [1.807, 2.05) is 29.8 Å². The second-order valence-electron chi connectivity index (χ2n) is 4.73. The van der Waals surface area contributed by atoms with Gasteiger partial charge in [0.05, 0.1) is 0 Å². The number of nitrogens with zero attached hydrogens (tertiary/aromatic N) is 1. The van der Waals surface area contributed by atoms with Crippen molar-refractivity contribution in [3.63, 3.8) is 0 Å². The predicted molar refractivity (Wildman–Crippen MR) is 68.1 cm³/mol. The quantitative estimate of drug-likeness (QED) is 0.831. The number of hydrogen-bond donors (Lipinski definition) is 2. The van der Waals surface area contributed by atoms with Crippen LogP contribution in [0.15, 0.2) is 18.3 Å². The summed E-state index contributed by atoms with van der Waals surface area (Å²) in [7, 11) is 0. The van der Waals surface area contributed by atoms with Crippen LogP contribution in [0.1, 0.15) is 37.2 Å². The van der Waals surface area contributed by atoms with E-state index < -0.39 is 0 Å². The molecular formula is C13H21N3O. The van der Waals surface area contributed by atoms with Crippen molar-refractivity contribution < 1.29 is 4.79 Å². The van der Waals surface area contributed by atoms with Crippen LogP contribution in [-0.2, 0) is 6.54 Å². The number of carbonyl (C=O) groups excluding carboxylic acids is 1. The van der Waals surface area contributed by atoms with Gasteiger partial charge in [-0.3, -0.25) is 4.79 Å². The summed E-state index contributed by atoms with van der Waals surface area (Å²) in [4.78, 5) is 12.1. The number of rotatable bonds is 3. The molecule has 1 amide bonds. The van der Waals surface area contributed by atoms with Gasteiger partial charge in [-0.1, -0.05) is 0 Å². The highest BCUT2D eigenvalue weighted by Gasteiger charge is 2.21. The number of piperidine rings is 1. The van der Waals surface area contributed by atoms with Crippen molar-refractivity contribution in [2.45, 2.75) is 45.3 Å². The fraction of sp³-hybridized carbons (Fsp3) is 0.615. The minimum Gasteiger partial charge on any atom is -0.348 e. The molecule has 0 spiro atoms. The Kier molecular flexibility index (Phi) is 3.84. The molecular weight excluding hydrogens is 214 g/mol. The van der Waals surface area contributed by atoms with E-state index in [4.69, 9.17) is 0 Å². The molecule has 1 aliphatic rings. The molecule has 1 fully saturated rings. The molecule has 17 heavy (non-hydrogen) atoms. The molecule has 2 atom stereocenters. The van der Waals surface area contributed by atoms with Gasteiger partial charge >= 0.3 is 0 Å². The van der Waals surface area contributed by atoms with E-state index >= 15 is 0 Å². The van der Waals surface area contributed by atoms with Crippen molar-refractivity contribution in [2.24, 2.45) is 0 Å². The number of hydrogen-bond acceptors (Lipinski definition) is 2. The van der Waals surface area contributed by atoms with E-state index in [0.717, 1.165) is 31.6 Å². The fourth-order valence-electron chi connectivity index (χ4n) is 2.42. The molecule has 94 valence electrons. The van der Waals surface area contributed by atoms with Gasteiger partial charge in [0.15, 0.2) is 0 Å². The standard InChI is InChI=1S/C13H21N3O/c1-3-16-8-4-5-12(16)13(17)15-11-6-7-14-10(2)9-11/h4-5,8,10-11,14H,3,6-7,9H2,1-2H3,(H,15,17). The summed E-state index contributed by atoms with van der Waals surface area (Å²) in [6.07, 6.45) is 3.97. The van der Waals surface area contributed by atoms with E-state index in [9.17, 15) is 4.79 Å². The minimum absolute atomic E-state index is 0.0518. The number of aryl methyl sites for hydroxylation is 1. The fourth-order valence-corrected chi connectivity index (χ4v) is 2.42. The van der Waals surface area contributed by atoms with E-state index in [-0.39, 0.29) is 5.91 Å². The van der Waals surface area contributed by atoms with Crippen LogP contribution in [0, 0.1) is 0 Å². The second-order valence-corrected chi connectivity index (χ2v) is 4.73. The lowest BCUT2D eigenvalue weighted by molar-refractivity contribution is 0.0916. The number of carbonyl (C=O) groups is 1. The molecule has 2 N–H and O–H groups in total. The zero-order chi connectivity index (χ0) is 12.3. The topological polar surface area (TPSA) is 46.1 Å². The maximum absolute atomic E-state index is 12.1. The average Bonchev–Trinajstić information content (AvgIpc) is 2.77. The Morgan fingerprint density at radius 1 is 1.65 bits per heavy atom. The highest BCUT2D eigenvalue weighted by molar-refractivity contribution is 5.92. The summed E-state index contributed by atoms with van der Waals surface area (Å²) in [5, 5.41) is 6.51. The monoisotopic (exact) mass is 235 g/mol. The average molecular weight is 235 g/mol. The van der Waals surface area contributed by atoms with E-state index in [1.54, 1.807) is 0 Å². The van der Waals surface area contributed by atoms with Gasteiger partial charge in [-0.05, 0) is 45.4 Å². The Labute approximate surface area is 102 Å². The van der Waals surface area contributed by atoms with Crippen LogP contribution in [0.3, 0.4) is 0 Å². The van der Waals surface area contributed by atoms with Crippen LogP contribution >= 0.6 is 0 Å². The van der Waals surface area contributed by atoms with Crippen molar-refractivity contribution in [3.05, 3.63) is 24.0 Å². The lowest BCUT2D eigenvalue weighted by Gasteiger charge is -2.28. The van der Waals surface area contributed by atoms with Gasteiger partial charge in [-0.2, -0.15) is 0 Å². The first kappa shape index (κ1) is 12.2. The zero-order valence-electron chi connectivity index (χ0n) is 10.6. The molecule has 1 aromatic rings. The van der Waals surface area contributed by atoms with Gasteiger partial charge in [0.1, 0.15) is 5.69 Å². The van der Waals surface area contributed by atoms with Crippen molar-refractivity contribution in [1.82, 2.24) is 15.2 Å². The first-order valence-corrected chi connectivity index (χ1v) is 6.40. The summed E-state index contributed by atoms with van der Waals surface area (Å²) in [5.41, 5.74) is 0.763. The molecule has 4 heteroatoms. The van der Waals surface area contributed by atoms with Crippen LogP contribution < -0.4 is 10.6 Å². The van der Waals surface area contributed by atoms with Gasteiger partial charge in [-0.25, -0.2) is 0 Å². The third kappa shape index (κ3) is 2.88. The third-order valence-corrected chi connectivity index (χ3v) is 3.36. The molecule has 0 aliphatic carbocycles. The Morgan fingerprint density at radius 2 is 2.47 bits per heavy atom. The molecule has 1 saturated heterocycles. The van der Waals surface area contributed by atoms with Crippen molar-refractivity contribution in [3.8, 4) is 0 Å². The Morgan fingerprint density at radius 3 is 3.18 bits per heavy atom. The maximum atomic E-state index is 12.1. The van der Waals surface area contributed by atoms with Crippen LogP contribution in [-0.4, -0.2) is 29.1 Å². The van der Waals surface area contributed by atoms with E-state index in [0.29, 0.717) is 12.1 Å². The van der Waals surface area contributed by atoms with E-state index in [1.165, 1.54) is 0 Å². The second kappa shape index (κ2) is 5.36. The molecule has 0 saturated carbocycles. The molecule has 1 aromatic heterocycles. The molecule has 2 unspecified atom stereocenters. The lowest BCUT2D eigenvalue weighted by atomic mass is 10.0. The van der Waals surface area contributed by atoms with Crippen molar-refractivity contribution in [2.75, 3.05) is 6.54 Å². The molecule has 2 rings (SSSR count). The smallest absolute Gasteiger partial charge is 0.268 e. The molecule has 0 radical (unpaired) electrons. The van der Waals surface area contributed by atoms with Crippen LogP contribution in [0.2, 0.25) is 0 Å². The highest BCUT2D eigenvalue weighted by atomic mass is 16.2. The van der Waals surface area contributed by atoms with E-state index in [2.05, 4.69) is 17.6 Å². The Balaban J connectivity index is 1.97. The van der Waals surface area contributed by atoms with Crippen LogP contribution in [0.25, 0.3) is 0 Å². The summed E-state index contributed by atoms with van der Waals surface area (Å²) in [5.74, 6) is 0.0518. The molecule has 1 aliphatic heterocycles. The summed E-state index contributed by atoms with van der Waals surface area (Å²) in [6.45, 7) is 6.02. The normalized spacial score (nSPS) is 24.6. The SMILES string of the molecule is CCn1cccc1C(=O)NC1CCNC(C)C1. The lowest BCUT2D eigenvalue weighted by Crippen LogP contribution is -2.46. The maximum Gasteiger partial charge on any atom is 0.268 e. The predicted octanol–water partition coefficient (Wildman–Crippen LogP) is 1.38. The first-order valence-electron chi connectivity index (χ1n) is 6.40. The number of nitrogens with one attached hydrogen (secondary N) is 2. The van der Waals surface area contributed by atoms with Gasteiger partial charge < -0.3 is 15.2 Å². The first-order chi connectivity index (χ1) is 8.20. The minimum atomic E-state index is 0.0518. The van der Waals surface area contributed by atoms with Gasteiger partial charge in [-0.15, -0.1) is 0 Å². The molecule has 4 nitrogen and oxygen atoms in total. The van der Waals surface area contributed by atoms with Crippen molar-refractivity contribution >= 4 is 5.91 Å². The van der Waals surface area contributed by atoms with Gasteiger partial charge in [0, 0.05) is 24.8 Å². The third-order valence-electron chi connectivity index (χ3n) is 3.36. The molecule has 0 bridgehead atoms. The largest absolute Gasteiger partial charge is 0.348 e. The molecule has 2 heterocycles. The summed E-state index contributed by atoms with van der Waals surface area (Å²) in [6, 6.07) is 4.60. The highest BCUT2D eigenvalue weighted by Crippen LogP contribution is 2.10. The summed E-state index contributed by atoms with van der Waals surface area (Å²) < 4.78 is 1.97. The Hall–Kier alpha value is -1.29. The number of aromatic nitrogens is 1. The van der Waals surface area contributed by atoms with Gasteiger partial charge in [0.25, 0.3) is 5.91 Å².